The number of methoxy groups -OCH3 is 2. The Morgan fingerprint density at radius 2 is 1.50 bits per heavy atom. The summed E-state index contributed by atoms with van der Waals surface area (Å²) in [6.45, 7) is 4.92. The summed E-state index contributed by atoms with van der Waals surface area (Å²) >= 11 is 6.28. The van der Waals surface area contributed by atoms with Crippen molar-refractivity contribution in [3.63, 3.8) is 0 Å². The van der Waals surface area contributed by atoms with E-state index >= 15 is 0 Å². The fourth-order valence-corrected chi connectivity index (χ4v) is 8.58. The van der Waals surface area contributed by atoms with E-state index in [4.69, 9.17) is 16.3 Å². The first kappa shape index (κ1) is 22.2. The van der Waals surface area contributed by atoms with Crippen molar-refractivity contribution in [1.82, 2.24) is 0 Å². The van der Waals surface area contributed by atoms with Gasteiger partial charge in [0.1, 0.15) is 5.29 Å². The summed E-state index contributed by atoms with van der Waals surface area (Å²) in [6.07, 6.45) is 2.15. The summed E-state index contributed by atoms with van der Waals surface area (Å²) in [5.41, 5.74) is 3.71. The first-order chi connectivity index (χ1) is 13.1. The van der Waals surface area contributed by atoms with Crippen LogP contribution in [0.25, 0.3) is 0 Å². The van der Waals surface area contributed by atoms with Crippen LogP contribution < -0.4 is 5.30 Å². The number of esters is 2. The Morgan fingerprint density at radius 1 is 0.964 bits per heavy atom. The molecule has 1 heterocycles. The molecule has 28 heavy (non-hydrogen) atoms. The van der Waals surface area contributed by atoms with Crippen LogP contribution in [-0.4, -0.2) is 43.4 Å². The van der Waals surface area contributed by atoms with Crippen LogP contribution in [0, 0.1) is 20.8 Å². The molecule has 0 saturated carbocycles. The molecule has 1 aromatic carbocycles. The molecule has 1 atom stereocenters. The molecule has 1 aliphatic rings. The first-order valence-electron chi connectivity index (χ1n) is 8.69. The smallest absolute Gasteiger partial charge is 0.379 e. The van der Waals surface area contributed by atoms with Crippen LogP contribution in [0.15, 0.2) is 34.6 Å². The van der Waals surface area contributed by atoms with Crippen LogP contribution in [-0.2, 0) is 23.9 Å². The Kier molecular flexibility index (Phi) is 6.74. The number of allylic oxidation sites excluding steroid dienone is 3. The number of hydrogen-bond acceptors (Lipinski definition) is 5. The third-order valence-electron chi connectivity index (χ3n) is 4.75. The van der Waals surface area contributed by atoms with Gasteiger partial charge in [-0.25, -0.2) is 9.59 Å². The summed E-state index contributed by atoms with van der Waals surface area (Å²) < 4.78 is 9.56. The maximum absolute atomic E-state index is 13.0. The molecule has 150 valence electrons. The number of carbonyl (C=O) groups is 3. The van der Waals surface area contributed by atoms with Crippen LogP contribution in [0.2, 0.25) is 0 Å². The van der Waals surface area contributed by atoms with Crippen molar-refractivity contribution in [2.24, 2.45) is 0 Å². The lowest BCUT2D eigenvalue weighted by molar-refractivity contribution is -0.149. The molecule has 0 aliphatic carbocycles. The number of rotatable bonds is 4. The summed E-state index contributed by atoms with van der Waals surface area (Å²) in [4.78, 5) is 37.9. The number of benzene rings is 1. The minimum Gasteiger partial charge on any atom is -0.465 e. The van der Waals surface area contributed by atoms with Gasteiger partial charge < -0.3 is 9.47 Å². The van der Waals surface area contributed by atoms with E-state index < -0.39 is 24.6 Å². The number of carbonyl (C=O) groups excluding carboxylic acids is 3. The average Bonchev–Trinajstić information content (AvgIpc) is 2.63. The molecule has 5 nitrogen and oxygen atoms in total. The lowest BCUT2D eigenvalue weighted by Crippen LogP contribution is -2.36. The zero-order chi connectivity index (χ0) is 21.2. The molecule has 0 saturated heterocycles. The minimum absolute atomic E-state index is 0.170. The van der Waals surface area contributed by atoms with Crippen LogP contribution in [0.3, 0.4) is 0 Å². The largest absolute Gasteiger partial charge is 0.465 e. The molecule has 2 rings (SSSR count). The molecule has 0 aromatic heterocycles. The topological polar surface area (TPSA) is 69.7 Å². The van der Waals surface area contributed by atoms with Gasteiger partial charge in [0.25, 0.3) is 5.78 Å². The molecule has 0 radical (unpaired) electrons. The van der Waals surface area contributed by atoms with Gasteiger partial charge in [-0.2, -0.15) is 0 Å². The summed E-state index contributed by atoms with van der Waals surface area (Å²) in [5.74, 6) is -1.00. The van der Waals surface area contributed by atoms with Gasteiger partial charge in [0, 0.05) is 5.03 Å². The second-order valence-electron chi connectivity index (χ2n) is 6.82. The Bertz CT molecular complexity index is 962. The van der Waals surface area contributed by atoms with Crippen molar-refractivity contribution in [1.29, 1.82) is 0 Å². The van der Waals surface area contributed by atoms with E-state index in [1.54, 1.807) is 6.08 Å². The van der Waals surface area contributed by atoms with Crippen molar-refractivity contribution >= 4 is 46.8 Å². The number of halogens is 1. The van der Waals surface area contributed by atoms with Crippen LogP contribution in [0.5, 0.6) is 0 Å². The zero-order valence-corrected chi connectivity index (χ0v) is 18.5. The van der Waals surface area contributed by atoms with Crippen molar-refractivity contribution in [2.45, 2.75) is 27.7 Å². The number of aryl methyl sites for hydroxylation is 3. The number of Topliss-reactive ketones (excluding diaryl/α,β-unsaturated/α-hetero) is 1. The zero-order valence-electron chi connectivity index (χ0n) is 16.9. The van der Waals surface area contributed by atoms with Gasteiger partial charge in [0.05, 0.1) is 14.2 Å². The van der Waals surface area contributed by atoms with E-state index in [9.17, 15) is 14.4 Å². The Balaban J connectivity index is 3.10. The molecular formula is C21H24ClO5P. The Hall–Kier alpha value is -2.10. The van der Waals surface area contributed by atoms with E-state index in [1.807, 2.05) is 45.6 Å². The van der Waals surface area contributed by atoms with Gasteiger partial charge in [-0.15, -0.1) is 0 Å². The van der Waals surface area contributed by atoms with E-state index in [1.165, 1.54) is 7.11 Å². The Labute approximate surface area is 170 Å². The normalized spacial score (nSPS) is 18.7. The SMILES string of the molecule is COC(=O)C(=O)C(C(=O)OC)=P1(c2c(C)cc(C)cc2C)C=C(C)C(Cl)=CC1. The second kappa shape index (κ2) is 8.50. The Morgan fingerprint density at radius 3 is 1.96 bits per heavy atom. The average molecular weight is 423 g/mol. The molecule has 1 aliphatic heterocycles. The quantitative estimate of drug-likeness (QED) is 0.322. The van der Waals surface area contributed by atoms with Gasteiger partial charge in [0.2, 0.25) is 0 Å². The van der Waals surface area contributed by atoms with Gasteiger partial charge in [-0.1, -0.05) is 41.2 Å². The summed E-state index contributed by atoms with van der Waals surface area (Å²) in [7, 11) is 2.31. The minimum atomic E-state index is -2.77. The van der Waals surface area contributed by atoms with Gasteiger partial charge in [-0.05, 0) is 62.7 Å². The van der Waals surface area contributed by atoms with E-state index in [-0.39, 0.29) is 5.29 Å². The standard InChI is InChI=1S/C21H24ClO5P/c1-12-9-13(2)18(14(3)10-12)28(8-7-16(22)15(4)11-28)19(21(25)27-6)17(23)20(24)26-5/h7,9-11H,8H2,1-6H3. The molecule has 0 amide bonds. The molecular weight excluding hydrogens is 399 g/mol. The highest BCUT2D eigenvalue weighted by atomic mass is 35.5. The van der Waals surface area contributed by atoms with Crippen LogP contribution in [0.1, 0.15) is 23.6 Å². The molecule has 0 bridgehead atoms. The lowest BCUT2D eigenvalue weighted by atomic mass is 10.1. The molecule has 0 spiro atoms. The van der Waals surface area contributed by atoms with E-state index in [0.717, 1.165) is 34.7 Å². The maximum Gasteiger partial charge on any atom is 0.379 e. The fraction of sp³-hybridized carbons (Fsp3) is 0.333. The second-order valence-corrected chi connectivity index (χ2v) is 10.5. The van der Waals surface area contributed by atoms with E-state index in [2.05, 4.69) is 4.74 Å². The molecule has 0 N–H and O–H groups in total. The molecule has 7 heteroatoms. The molecule has 0 fully saturated rings. The number of ether oxygens (including phenoxy) is 2. The highest BCUT2D eigenvalue weighted by molar-refractivity contribution is 7.89. The van der Waals surface area contributed by atoms with Crippen molar-refractivity contribution in [3.8, 4) is 0 Å². The van der Waals surface area contributed by atoms with Crippen molar-refractivity contribution < 1.29 is 23.9 Å². The predicted octanol–water partition coefficient (Wildman–Crippen LogP) is 3.38. The first-order valence-corrected chi connectivity index (χ1v) is 11.1. The highest BCUT2D eigenvalue weighted by Gasteiger charge is 2.39. The fourth-order valence-electron chi connectivity index (χ4n) is 3.78. The van der Waals surface area contributed by atoms with Gasteiger partial charge >= 0.3 is 11.9 Å². The maximum atomic E-state index is 13.0. The monoisotopic (exact) mass is 422 g/mol. The third-order valence-corrected chi connectivity index (χ3v) is 9.47. The third kappa shape index (κ3) is 3.87. The highest BCUT2D eigenvalue weighted by Crippen LogP contribution is 2.56. The van der Waals surface area contributed by atoms with Crippen molar-refractivity contribution in [2.75, 3.05) is 20.4 Å². The van der Waals surface area contributed by atoms with Gasteiger partial charge in [0.15, 0.2) is 0 Å². The lowest BCUT2D eigenvalue weighted by Gasteiger charge is -2.32. The number of hydrogen-bond donors (Lipinski definition) is 0. The summed E-state index contributed by atoms with van der Waals surface area (Å²) in [6, 6.07) is 4.01. The molecule has 1 aromatic rings. The predicted molar refractivity (Wildman–Crippen MR) is 114 cm³/mol. The van der Waals surface area contributed by atoms with Crippen molar-refractivity contribution in [3.05, 3.63) is 51.3 Å². The molecule has 1 unspecified atom stereocenters. The van der Waals surface area contributed by atoms with E-state index in [0.29, 0.717) is 11.2 Å². The summed E-state index contributed by atoms with van der Waals surface area (Å²) in [5, 5.41) is 1.28. The number of ketones is 1. The van der Waals surface area contributed by atoms with Gasteiger partial charge in [-0.3, -0.25) is 4.79 Å². The van der Waals surface area contributed by atoms with Crippen LogP contribution in [0.4, 0.5) is 0 Å². The van der Waals surface area contributed by atoms with Crippen LogP contribution >= 0.6 is 18.5 Å².